The maximum absolute atomic E-state index is 11.5. The van der Waals surface area contributed by atoms with Gasteiger partial charge in [-0.2, -0.15) is 0 Å². The van der Waals surface area contributed by atoms with Gasteiger partial charge in [0.25, 0.3) is 0 Å². The van der Waals surface area contributed by atoms with Crippen molar-refractivity contribution in [3.63, 3.8) is 0 Å². The summed E-state index contributed by atoms with van der Waals surface area (Å²) in [6.07, 6.45) is 0. The molecule has 10 heteroatoms. The third-order valence-electron chi connectivity index (χ3n) is 3.13. The Morgan fingerprint density at radius 1 is 0.692 bits per heavy atom. The number of benzene rings is 2. The number of carbonyl (C=O) groups is 4. The van der Waals surface area contributed by atoms with E-state index in [1.165, 1.54) is 24.3 Å². The zero-order valence-corrected chi connectivity index (χ0v) is 14.3. The molecule has 0 atom stereocenters. The zero-order chi connectivity index (χ0) is 19.4. The van der Waals surface area contributed by atoms with Crippen molar-refractivity contribution >= 4 is 45.5 Å². The van der Waals surface area contributed by atoms with Crippen molar-refractivity contribution in [1.82, 2.24) is 0 Å². The summed E-state index contributed by atoms with van der Waals surface area (Å²) < 4.78 is 0. The molecule has 8 nitrogen and oxygen atoms in total. The Morgan fingerprint density at radius 2 is 1.35 bits per heavy atom. The van der Waals surface area contributed by atoms with Crippen LogP contribution < -0.4 is 0 Å². The second-order valence-corrected chi connectivity index (χ2v) is 7.02. The normalized spacial score (nSPS) is 10.3. The highest BCUT2D eigenvalue weighted by molar-refractivity contribution is 8.76. The number of carboxylic acids is 4. The van der Waals surface area contributed by atoms with E-state index in [0.29, 0.717) is 4.90 Å². The smallest absolute Gasteiger partial charge is 0.337 e. The molecular weight excluding hydrogens is 384 g/mol. The molecule has 0 radical (unpaired) electrons. The third kappa shape index (κ3) is 4.16. The van der Waals surface area contributed by atoms with Crippen LogP contribution in [0.15, 0.2) is 46.2 Å². The molecule has 26 heavy (non-hydrogen) atoms. The molecule has 0 heterocycles. The number of hydrogen-bond donors (Lipinski definition) is 4. The van der Waals surface area contributed by atoms with Gasteiger partial charge in [0.1, 0.15) is 0 Å². The van der Waals surface area contributed by atoms with Crippen LogP contribution >= 0.6 is 21.6 Å². The lowest BCUT2D eigenvalue weighted by Crippen LogP contribution is -2.15. The van der Waals surface area contributed by atoms with Crippen molar-refractivity contribution < 1.29 is 39.6 Å². The monoisotopic (exact) mass is 394 g/mol. The minimum atomic E-state index is -1.67. The first-order chi connectivity index (χ1) is 12.2. The number of hydrogen-bond acceptors (Lipinski definition) is 6. The first-order valence-electron chi connectivity index (χ1n) is 6.77. The lowest BCUT2D eigenvalue weighted by atomic mass is 10.0. The highest BCUT2D eigenvalue weighted by Crippen LogP contribution is 2.40. The van der Waals surface area contributed by atoms with E-state index in [2.05, 4.69) is 0 Å². The molecule has 0 bridgehead atoms. The number of rotatable bonds is 7. The Kier molecular flexibility index (Phi) is 5.90. The summed E-state index contributed by atoms with van der Waals surface area (Å²) in [5, 5.41) is 36.7. The summed E-state index contributed by atoms with van der Waals surface area (Å²) in [6.45, 7) is 0. The van der Waals surface area contributed by atoms with Crippen molar-refractivity contribution in [1.29, 1.82) is 0 Å². The van der Waals surface area contributed by atoms with Gasteiger partial charge >= 0.3 is 23.9 Å². The van der Waals surface area contributed by atoms with Gasteiger partial charge in [0, 0.05) is 9.79 Å². The molecule has 4 N–H and O–H groups in total. The Morgan fingerprint density at radius 3 is 1.88 bits per heavy atom. The molecule has 0 unspecified atom stereocenters. The molecule has 0 fully saturated rings. The van der Waals surface area contributed by atoms with Gasteiger partial charge in [-0.1, -0.05) is 27.7 Å². The van der Waals surface area contributed by atoms with Gasteiger partial charge in [-0.05, 0) is 30.3 Å². The first kappa shape index (κ1) is 19.3. The lowest BCUT2D eigenvalue weighted by Gasteiger charge is -2.11. The van der Waals surface area contributed by atoms with E-state index < -0.39 is 40.6 Å². The summed E-state index contributed by atoms with van der Waals surface area (Å²) >= 11 is 0. The van der Waals surface area contributed by atoms with Crippen molar-refractivity contribution in [2.45, 2.75) is 9.79 Å². The second-order valence-electron chi connectivity index (χ2n) is 4.78. The van der Waals surface area contributed by atoms with E-state index in [-0.39, 0.29) is 10.5 Å². The summed E-state index contributed by atoms with van der Waals surface area (Å²) in [4.78, 5) is 45.6. The van der Waals surface area contributed by atoms with Crippen LogP contribution in [0.1, 0.15) is 41.4 Å². The average molecular weight is 394 g/mol. The molecule has 2 aromatic carbocycles. The fourth-order valence-electron chi connectivity index (χ4n) is 2.04. The van der Waals surface area contributed by atoms with E-state index in [9.17, 15) is 29.4 Å². The second kappa shape index (κ2) is 7.93. The Labute approximate surface area is 153 Å². The SMILES string of the molecule is O=C(O)c1cccc(SSc2ccc(C(=O)O)c(C(=O)O)c2C(=O)O)c1. The molecular formula is C16H10O8S2. The van der Waals surface area contributed by atoms with Gasteiger partial charge in [0.15, 0.2) is 0 Å². The first-order valence-corrected chi connectivity index (χ1v) is 8.92. The molecule has 0 saturated heterocycles. The zero-order valence-electron chi connectivity index (χ0n) is 12.7. The molecule has 2 aromatic rings. The van der Waals surface area contributed by atoms with Crippen LogP contribution in [-0.2, 0) is 0 Å². The molecule has 0 spiro atoms. The Balaban J connectivity index is 2.44. The van der Waals surface area contributed by atoms with E-state index >= 15 is 0 Å². The van der Waals surface area contributed by atoms with Crippen LogP contribution in [0.2, 0.25) is 0 Å². The van der Waals surface area contributed by atoms with Crippen LogP contribution in [0, 0.1) is 0 Å². The highest BCUT2D eigenvalue weighted by Gasteiger charge is 2.27. The molecule has 0 saturated carbocycles. The molecule has 2 rings (SSSR count). The molecule has 0 aliphatic rings. The van der Waals surface area contributed by atoms with Crippen LogP contribution in [0.3, 0.4) is 0 Å². The van der Waals surface area contributed by atoms with Gasteiger partial charge in [0.2, 0.25) is 0 Å². The van der Waals surface area contributed by atoms with Gasteiger partial charge in [0.05, 0.1) is 22.3 Å². The van der Waals surface area contributed by atoms with Gasteiger partial charge in [-0.15, -0.1) is 0 Å². The number of carboxylic acid groups (broad SMARTS) is 4. The Hall–Kier alpha value is -2.98. The summed E-state index contributed by atoms with van der Waals surface area (Å²) in [7, 11) is 1.91. The maximum atomic E-state index is 11.5. The molecule has 0 amide bonds. The van der Waals surface area contributed by atoms with Crippen LogP contribution in [0.25, 0.3) is 0 Å². The fourth-order valence-corrected chi connectivity index (χ4v) is 4.22. The predicted octanol–water partition coefficient (Wildman–Crippen LogP) is 3.28. The summed E-state index contributed by atoms with van der Waals surface area (Å²) in [5.41, 5.74) is -2.03. The molecule has 0 aromatic heterocycles. The van der Waals surface area contributed by atoms with Gasteiger partial charge in [-0.3, -0.25) is 0 Å². The van der Waals surface area contributed by atoms with Crippen molar-refractivity contribution in [3.05, 3.63) is 58.7 Å². The Bertz CT molecular complexity index is 922. The van der Waals surface area contributed by atoms with E-state index in [1.807, 2.05) is 0 Å². The summed E-state index contributed by atoms with van der Waals surface area (Å²) in [5.74, 6) is -5.92. The quantitative estimate of drug-likeness (QED) is 0.515. The third-order valence-corrected chi connectivity index (χ3v) is 5.55. The standard InChI is InChI=1S/C16H10O8S2/c17-13(18)7-2-1-3-8(6-7)25-26-10-5-4-9(14(19)20)11(15(21)22)12(10)16(23)24/h1-6H,(H,17,18)(H,19,20)(H,21,22)(H,23,24). The van der Waals surface area contributed by atoms with Gasteiger partial charge < -0.3 is 20.4 Å². The molecule has 0 aliphatic heterocycles. The van der Waals surface area contributed by atoms with Crippen molar-refractivity contribution in [3.8, 4) is 0 Å². The van der Waals surface area contributed by atoms with E-state index in [4.69, 9.17) is 10.2 Å². The maximum Gasteiger partial charge on any atom is 0.337 e. The molecule has 0 aliphatic carbocycles. The molecule has 134 valence electrons. The van der Waals surface area contributed by atoms with E-state index in [0.717, 1.165) is 27.7 Å². The average Bonchev–Trinajstić information content (AvgIpc) is 2.58. The predicted molar refractivity (Wildman–Crippen MR) is 92.4 cm³/mol. The minimum absolute atomic E-state index is 0.0330. The largest absolute Gasteiger partial charge is 0.478 e. The van der Waals surface area contributed by atoms with Crippen LogP contribution in [0.4, 0.5) is 0 Å². The van der Waals surface area contributed by atoms with Crippen molar-refractivity contribution in [2.24, 2.45) is 0 Å². The summed E-state index contributed by atoms with van der Waals surface area (Å²) in [6, 6.07) is 8.12. The van der Waals surface area contributed by atoms with Crippen LogP contribution in [-0.4, -0.2) is 44.3 Å². The topological polar surface area (TPSA) is 149 Å². The lowest BCUT2D eigenvalue weighted by molar-refractivity contribution is 0.0631. The van der Waals surface area contributed by atoms with Gasteiger partial charge in [-0.25, -0.2) is 19.2 Å². The van der Waals surface area contributed by atoms with E-state index in [1.54, 1.807) is 6.07 Å². The fraction of sp³-hybridized carbons (Fsp3) is 0. The van der Waals surface area contributed by atoms with Crippen molar-refractivity contribution in [2.75, 3.05) is 0 Å². The highest BCUT2D eigenvalue weighted by atomic mass is 33.1. The number of aromatic carboxylic acids is 4. The minimum Gasteiger partial charge on any atom is -0.478 e. The van der Waals surface area contributed by atoms with Crippen LogP contribution in [0.5, 0.6) is 0 Å².